The van der Waals surface area contributed by atoms with Gasteiger partial charge in [-0.3, -0.25) is 0 Å². The maximum absolute atomic E-state index is 7.32. The number of para-hydroxylation sites is 2. The van der Waals surface area contributed by atoms with Gasteiger partial charge in [0.2, 0.25) is 0 Å². The maximum Gasteiger partial charge on any atom is 0.0540 e. The van der Waals surface area contributed by atoms with Crippen molar-refractivity contribution in [3.8, 4) is 44.5 Å². The SMILES string of the molecule is CC(C)(C)c1ccccc1-c1ccc(N(c2cc(Cl)cc(N(c3ccc(-c4ccccc4)cc3)c3ccccc3-c3ccccc3)c2)c2ccccc2-c2ccccc2)cc1. The molecule has 0 aromatic heterocycles. The Kier molecular flexibility index (Phi) is 11.1. The van der Waals surface area contributed by atoms with Crippen molar-refractivity contribution >= 4 is 45.7 Å². The Labute approximate surface area is 365 Å². The van der Waals surface area contributed by atoms with Crippen LogP contribution in [0.5, 0.6) is 0 Å². The van der Waals surface area contributed by atoms with Crippen molar-refractivity contribution in [1.29, 1.82) is 0 Å². The molecular weight excluding hydrogens is 760 g/mol. The van der Waals surface area contributed by atoms with Crippen molar-refractivity contribution in [2.24, 2.45) is 0 Å². The largest absolute Gasteiger partial charge is 0.310 e. The molecule has 61 heavy (non-hydrogen) atoms. The highest BCUT2D eigenvalue weighted by Crippen LogP contribution is 2.47. The molecule has 0 saturated heterocycles. The lowest BCUT2D eigenvalue weighted by molar-refractivity contribution is 0.592. The molecule has 0 bridgehead atoms. The molecule has 9 rings (SSSR count). The quantitative estimate of drug-likeness (QED) is 0.136. The molecule has 9 aromatic rings. The van der Waals surface area contributed by atoms with Crippen LogP contribution in [0.25, 0.3) is 44.5 Å². The van der Waals surface area contributed by atoms with Gasteiger partial charge in [0.25, 0.3) is 0 Å². The van der Waals surface area contributed by atoms with Gasteiger partial charge < -0.3 is 9.80 Å². The standard InChI is InChI=1S/C58H47ClN2/c1-58(2,3)55-28-16-13-25-52(55)46-33-37-49(38-34-46)61(57-30-18-15-27-54(57)45-23-11-6-12-24-45)51-40-47(59)39-50(41-51)60(48-35-31-43(32-36-48)42-19-7-4-8-20-42)56-29-17-14-26-53(56)44-21-9-5-10-22-44/h4-41H,1-3H3. The maximum atomic E-state index is 7.32. The highest BCUT2D eigenvalue weighted by molar-refractivity contribution is 6.31. The Morgan fingerprint density at radius 1 is 0.311 bits per heavy atom. The van der Waals surface area contributed by atoms with Crippen LogP contribution in [-0.4, -0.2) is 0 Å². The zero-order chi connectivity index (χ0) is 41.8. The molecule has 0 atom stereocenters. The molecule has 0 saturated carbocycles. The highest BCUT2D eigenvalue weighted by atomic mass is 35.5. The van der Waals surface area contributed by atoms with Gasteiger partial charge in [0.1, 0.15) is 0 Å². The van der Waals surface area contributed by atoms with Crippen molar-refractivity contribution in [2.45, 2.75) is 26.2 Å². The number of anilines is 6. The molecule has 0 aliphatic rings. The topological polar surface area (TPSA) is 6.48 Å². The number of halogens is 1. The first-order valence-corrected chi connectivity index (χ1v) is 21.2. The second kappa shape index (κ2) is 17.2. The summed E-state index contributed by atoms with van der Waals surface area (Å²) in [5.41, 5.74) is 16.6. The second-order valence-electron chi connectivity index (χ2n) is 16.4. The van der Waals surface area contributed by atoms with E-state index < -0.39 is 0 Å². The summed E-state index contributed by atoms with van der Waals surface area (Å²) in [5, 5.41) is 0.633. The van der Waals surface area contributed by atoms with Crippen LogP contribution in [-0.2, 0) is 5.41 Å². The van der Waals surface area contributed by atoms with Gasteiger partial charge in [-0.25, -0.2) is 0 Å². The fourth-order valence-electron chi connectivity index (χ4n) is 8.35. The summed E-state index contributed by atoms with van der Waals surface area (Å²) in [4.78, 5) is 4.68. The Morgan fingerprint density at radius 3 is 1.11 bits per heavy atom. The Morgan fingerprint density at radius 2 is 0.656 bits per heavy atom. The average Bonchev–Trinajstić information content (AvgIpc) is 3.30. The van der Waals surface area contributed by atoms with Crippen LogP contribution < -0.4 is 9.80 Å². The second-order valence-corrected chi connectivity index (χ2v) is 16.8. The first kappa shape index (κ1) is 39.3. The molecule has 0 aliphatic carbocycles. The van der Waals surface area contributed by atoms with E-state index >= 15 is 0 Å². The third kappa shape index (κ3) is 8.37. The van der Waals surface area contributed by atoms with E-state index in [4.69, 9.17) is 11.6 Å². The van der Waals surface area contributed by atoms with Crippen LogP contribution in [0.4, 0.5) is 34.1 Å². The lowest BCUT2D eigenvalue weighted by Gasteiger charge is -2.32. The van der Waals surface area contributed by atoms with Crippen LogP contribution in [0, 0.1) is 0 Å². The first-order valence-electron chi connectivity index (χ1n) is 20.9. The van der Waals surface area contributed by atoms with Gasteiger partial charge >= 0.3 is 0 Å². The van der Waals surface area contributed by atoms with Crippen molar-refractivity contribution in [3.63, 3.8) is 0 Å². The molecule has 0 heterocycles. The predicted molar refractivity (Wildman–Crippen MR) is 261 cm³/mol. The number of nitrogens with zero attached hydrogens (tertiary/aromatic N) is 2. The molecule has 9 aromatic carbocycles. The van der Waals surface area contributed by atoms with E-state index in [1.54, 1.807) is 0 Å². The molecule has 0 aliphatic heterocycles. The van der Waals surface area contributed by atoms with E-state index in [0.717, 1.165) is 61.9 Å². The lowest BCUT2D eigenvalue weighted by Crippen LogP contribution is -2.15. The fourth-order valence-corrected chi connectivity index (χ4v) is 8.57. The highest BCUT2D eigenvalue weighted by Gasteiger charge is 2.23. The van der Waals surface area contributed by atoms with Gasteiger partial charge in [-0.2, -0.15) is 0 Å². The van der Waals surface area contributed by atoms with E-state index in [1.807, 2.05) is 0 Å². The summed E-state index contributed by atoms with van der Waals surface area (Å²) < 4.78 is 0. The van der Waals surface area contributed by atoms with E-state index in [9.17, 15) is 0 Å². The van der Waals surface area contributed by atoms with Gasteiger partial charge in [0, 0.05) is 38.9 Å². The molecule has 3 heteroatoms. The summed E-state index contributed by atoms with van der Waals surface area (Å²) in [6.07, 6.45) is 0. The van der Waals surface area contributed by atoms with Crippen LogP contribution >= 0.6 is 11.6 Å². The summed E-state index contributed by atoms with van der Waals surface area (Å²) in [6.45, 7) is 6.83. The van der Waals surface area contributed by atoms with Crippen molar-refractivity contribution in [2.75, 3.05) is 9.80 Å². The number of hydrogen-bond acceptors (Lipinski definition) is 2. The molecule has 0 unspecified atom stereocenters. The monoisotopic (exact) mass is 806 g/mol. The minimum atomic E-state index is -0.0000164. The number of hydrogen-bond donors (Lipinski definition) is 0. The van der Waals surface area contributed by atoms with E-state index in [0.29, 0.717) is 5.02 Å². The minimum absolute atomic E-state index is 0.0000164. The van der Waals surface area contributed by atoms with Gasteiger partial charge in [-0.1, -0.05) is 208 Å². The van der Waals surface area contributed by atoms with Gasteiger partial charge in [0.15, 0.2) is 0 Å². The Hall–Kier alpha value is -7.13. The van der Waals surface area contributed by atoms with Crippen molar-refractivity contribution in [1.82, 2.24) is 0 Å². The van der Waals surface area contributed by atoms with Crippen molar-refractivity contribution < 1.29 is 0 Å². The molecule has 0 radical (unpaired) electrons. The van der Waals surface area contributed by atoms with E-state index in [-0.39, 0.29) is 5.41 Å². The minimum Gasteiger partial charge on any atom is -0.310 e. The summed E-state index contributed by atoms with van der Waals surface area (Å²) in [7, 11) is 0. The molecule has 2 nitrogen and oxygen atoms in total. The summed E-state index contributed by atoms with van der Waals surface area (Å²) >= 11 is 7.32. The first-order chi connectivity index (χ1) is 29.8. The van der Waals surface area contributed by atoms with Crippen LogP contribution in [0.15, 0.2) is 231 Å². The Balaban J connectivity index is 1.24. The third-order valence-electron chi connectivity index (χ3n) is 11.2. The van der Waals surface area contributed by atoms with Crippen LogP contribution in [0.2, 0.25) is 5.02 Å². The molecule has 0 amide bonds. The average molecular weight is 807 g/mol. The molecule has 0 fully saturated rings. The summed E-state index contributed by atoms with van der Waals surface area (Å²) in [6, 6.07) is 81.9. The molecule has 0 N–H and O–H groups in total. The van der Waals surface area contributed by atoms with Gasteiger partial charge in [-0.15, -0.1) is 0 Å². The van der Waals surface area contributed by atoms with Gasteiger partial charge in [-0.05, 0) is 99.0 Å². The van der Waals surface area contributed by atoms with E-state index in [2.05, 4.69) is 261 Å². The Bertz CT molecular complexity index is 2880. The van der Waals surface area contributed by atoms with Crippen LogP contribution in [0.3, 0.4) is 0 Å². The smallest absolute Gasteiger partial charge is 0.0540 e. The van der Waals surface area contributed by atoms with Gasteiger partial charge in [0.05, 0.1) is 11.4 Å². The molecule has 0 spiro atoms. The normalized spacial score (nSPS) is 11.3. The zero-order valence-electron chi connectivity index (χ0n) is 34.7. The predicted octanol–water partition coefficient (Wildman–Crippen LogP) is 17.2. The fraction of sp³-hybridized carbons (Fsp3) is 0.0690. The number of rotatable bonds is 10. The number of benzene rings is 9. The lowest BCUT2D eigenvalue weighted by atomic mass is 9.82. The van der Waals surface area contributed by atoms with Crippen molar-refractivity contribution in [3.05, 3.63) is 241 Å². The third-order valence-corrected chi connectivity index (χ3v) is 11.5. The summed E-state index contributed by atoms with van der Waals surface area (Å²) in [5.74, 6) is 0. The van der Waals surface area contributed by atoms with E-state index in [1.165, 1.54) is 22.3 Å². The molecular formula is C58H47ClN2. The molecule has 296 valence electrons. The zero-order valence-corrected chi connectivity index (χ0v) is 35.5. The van der Waals surface area contributed by atoms with Crippen LogP contribution in [0.1, 0.15) is 26.3 Å².